The smallest absolute Gasteiger partial charge is 0.228 e. The summed E-state index contributed by atoms with van der Waals surface area (Å²) in [4.78, 5) is 19.0. The lowest BCUT2D eigenvalue weighted by Gasteiger charge is -2.32. The molecule has 0 spiro atoms. The highest BCUT2D eigenvalue weighted by Gasteiger charge is 2.31. The number of carbonyl (C=O) groups is 1. The molecule has 0 aromatic carbocycles. The summed E-state index contributed by atoms with van der Waals surface area (Å²) in [7, 11) is 1.87. The summed E-state index contributed by atoms with van der Waals surface area (Å²) in [6.45, 7) is 4.42. The SMILES string of the molecule is CNc1cccc(CC2COCCN(C(=O)C3CNC3)C2)n1. The average molecular weight is 304 g/mol. The molecule has 2 fully saturated rings. The summed E-state index contributed by atoms with van der Waals surface area (Å²) in [5.74, 6) is 1.61. The molecule has 2 saturated heterocycles. The van der Waals surface area contributed by atoms with Gasteiger partial charge in [0.25, 0.3) is 0 Å². The normalized spacial score (nSPS) is 22.8. The summed E-state index contributed by atoms with van der Waals surface area (Å²) >= 11 is 0. The van der Waals surface area contributed by atoms with Gasteiger partial charge in [-0.2, -0.15) is 0 Å². The van der Waals surface area contributed by atoms with Crippen LogP contribution in [0.15, 0.2) is 18.2 Å². The summed E-state index contributed by atoms with van der Waals surface area (Å²) in [5, 5.41) is 6.23. The van der Waals surface area contributed by atoms with E-state index in [1.165, 1.54) is 0 Å². The molecule has 1 amide bonds. The number of ether oxygens (including phenoxy) is 1. The number of carbonyl (C=O) groups excluding carboxylic acids is 1. The highest BCUT2D eigenvalue weighted by atomic mass is 16.5. The van der Waals surface area contributed by atoms with Crippen LogP contribution in [0.4, 0.5) is 5.82 Å². The zero-order valence-electron chi connectivity index (χ0n) is 13.0. The lowest BCUT2D eigenvalue weighted by atomic mass is 9.99. The van der Waals surface area contributed by atoms with Crippen LogP contribution >= 0.6 is 0 Å². The maximum absolute atomic E-state index is 12.4. The van der Waals surface area contributed by atoms with E-state index >= 15 is 0 Å². The highest BCUT2D eigenvalue weighted by Crippen LogP contribution is 2.17. The van der Waals surface area contributed by atoms with Gasteiger partial charge < -0.3 is 20.3 Å². The number of hydrogen-bond acceptors (Lipinski definition) is 5. The van der Waals surface area contributed by atoms with Crippen molar-refractivity contribution in [1.82, 2.24) is 15.2 Å². The molecule has 2 aliphatic rings. The van der Waals surface area contributed by atoms with E-state index in [1.807, 2.05) is 30.1 Å². The number of anilines is 1. The molecule has 1 unspecified atom stereocenters. The Kier molecular flexibility index (Phi) is 4.90. The van der Waals surface area contributed by atoms with E-state index < -0.39 is 0 Å². The van der Waals surface area contributed by atoms with Crippen LogP contribution in [0.2, 0.25) is 0 Å². The Morgan fingerprint density at radius 2 is 2.36 bits per heavy atom. The van der Waals surface area contributed by atoms with Crippen LogP contribution < -0.4 is 10.6 Å². The molecule has 2 aliphatic heterocycles. The standard InChI is InChI=1S/C16H24N4O2/c1-17-15-4-2-3-14(19-15)7-12-10-20(5-6-22-11-12)16(21)13-8-18-9-13/h2-4,12-13,18H,5-11H2,1H3,(H,17,19). The first-order valence-corrected chi connectivity index (χ1v) is 7.97. The first kappa shape index (κ1) is 15.2. The molecule has 3 rings (SSSR count). The van der Waals surface area contributed by atoms with Crippen molar-refractivity contribution < 1.29 is 9.53 Å². The van der Waals surface area contributed by atoms with E-state index in [1.54, 1.807) is 0 Å². The Labute approximate surface area is 131 Å². The molecule has 3 heterocycles. The number of hydrogen-bond donors (Lipinski definition) is 2. The third-order valence-corrected chi connectivity index (χ3v) is 4.34. The Morgan fingerprint density at radius 1 is 1.50 bits per heavy atom. The number of nitrogens with zero attached hydrogens (tertiary/aromatic N) is 2. The Bertz CT molecular complexity index is 519. The number of rotatable bonds is 4. The fourth-order valence-electron chi connectivity index (χ4n) is 2.95. The molecular formula is C16H24N4O2. The molecule has 120 valence electrons. The summed E-state index contributed by atoms with van der Waals surface area (Å²) in [5.41, 5.74) is 1.04. The van der Waals surface area contributed by atoms with E-state index in [2.05, 4.69) is 15.6 Å². The molecule has 1 aromatic heterocycles. The molecular weight excluding hydrogens is 280 g/mol. The number of amides is 1. The van der Waals surface area contributed by atoms with E-state index in [9.17, 15) is 4.79 Å². The second-order valence-electron chi connectivity index (χ2n) is 6.05. The number of nitrogens with one attached hydrogen (secondary N) is 2. The van der Waals surface area contributed by atoms with Gasteiger partial charge >= 0.3 is 0 Å². The number of pyridine rings is 1. The molecule has 0 aliphatic carbocycles. The van der Waals surface area contributed by atoms with Crippen LogP contribution in [-0.2, 0) is 16.0 Å². The highest BCUT2D eigenvalue weighted by molar-refractivity contribution is 5.80. The first-order valence-electron chi connectivity index (χ1n) is 7.97. The van der Waals surface area contributed by atoms with Crippen LogP contribution in [-0.4, -0.2) is 62.2 Å². The van der Waals surface area contributed by atoms with Gasteiger partial charge in [-0.15, -0.1) is 0 Å². The second kappa shape index (κ2) is 7.07. The lowest BCUT2D eigenvalue weighted by Crippen LogP contribution is -2.53. The van der Waals surface area contributed by atoms with Crippen LogP contribution in [0.5, 0.6) is 0 Å². The van der Waals surface area contributed by atoms with Crippen molar-refractivity contribution >= 4 is 11.7 Å². The average Bonchev–Trinajstić information content (AvgIpc) is 2.71. The maximum atomic E-state index is 12.4. The molecule has 6 heteroatoms. The Morgan fingerprint density at radius 3 is 3.09 bits per heavy atom. The number of aromatic nitrogens is 1. The second-order valence-corrected chi connectivity index (χ2v) is 6.05. The predicted molar refractivity (Wildman–Crippen MR) is 84.7 cm³/mol. The summed E-state index contributed by atoms with van der Waals surface area (Å²) in [6, 6.07) is 5.99. The van der Waals surface area contributed by atoms with Gasteiger partial charge in [0.2, 0.25) is 5.91 Å². The van der Waals surface area contributed by atoms with E-state index in [0.29, 0.717) is 25.7 Å². The van der Waals surface area contributed by atoms with Crippen molar-refractivity contribution in [2.45, 2.75) is 6.42 Å². The predicted octanol–water partition coefficient (Wildman–Crippen LogP) is 0.360. The molecule has 2 N–H and O–H groups in total. The molecule has 6 nitrogen and oxygen atoms in total. The molecule has 0 saturated carbocycles. The molecule has 22 heavy (non-hydrogen) atoms. The molecule has 0 bridgehead atoms. The van der Waals surface area contributed by atoms with Crippen molar-refractivity contribution in [2.24, 2.45) is 11.8 Å². The fraction of sp³-hybridized carbons (Fsp3) is 0.625. The zero-order chi connectivity index (χ0) is 15.4. The van der Waals surface area contributed by atoms with Crippen molar-refractivity contribution in [1.29, 1.82) is 0 Å². The third-order valence-electron chi connectivity index (χ3n) is 4.34. The summed E-state index contributed by atoms with van der Waals surface area (Å²) < 4.78 is 5.69. The van der Waals surface area contributed by atoms with E-state index in [4.69, 9.17) is 4.74 Å². The topological polar surface area (TPSA) is 66.5 Å². The van der Waals surface area contributed by atoms with Gasteiger partial charge in [0.15, 0.2) is 0 Å². The van der Waals surface area contributed by atoms with Crippen LogP contribution in [0.1, 0.15) is 5.69 Å². The minimum atomic E-state index is 0.157. The van der Waals surface area contributed by atoms with Gasteiger partial charge in [0.05, 0.1) is 19.1 Å². The third kappa shape index (κ3) is 3.56. The monoisotopic (exact) mass is 304 g/mol. The van der Waals surface area contributed by atoms with Gasteiger partial charge in [0.1, 0.15) is 5.82 Å². The minimum absolute atomic E-state index is 0.157. The van der Waals surface area contributed by atoms with E-state index in [0.717, 1.165) is 37.6 Å². The van der Waals surface area contributed by atoms with Crippen LogP contribution in [0.25, 0.3) is 0 Å². The maximum Gasteiger partial charge on any atom is 0.228 e. The van der Waals surface area contributed by atoms with Gasteiger partial charge in [-0.3, -0.25) is 4.79 Å². The van der Waals surface area contributed by atoms with Crippen LogP contribution in [0.3, 0.4) is 0 Å². The quantitative estimate of drug-likeness (QED) is 0.841. The molecule has 1 aromatic rings. The fourth-order valence-corrected chi connectivity index (χ4v) is 2.95. The van der Waals surface area contributed by atoms with Crippen LogP contribution in [0, 0.1) is 11.8 Å². The van der Waals surface area contributed by atoms with Crippen molar-refractivity contribution in [3.8, 4) is 0 Å². The zero-order valence-corrected chi connectivity index (χ0v) is 13.0. The van der Waals surface area contributed by atoms with Crippen molar-refractivity contribution in [3.63, 3.8) is 0 Å². The van der Waals surface area contributed by atoms with Gasteiger partial charge in [-0.1, -0.05) is 6.07 Å². The van der Waals surface area contributed by atoms with Gasteiger partial charge in [-0.05, 0) is 18.6 Å². The largest absolute Gasteiger partial charge is 0.379 e. The first-order chi connectivity index (χ1) is 10.8. The summed E-state index contributed by atoms with van der Waals surface area (Å²) in [6.07, 6.45) is 0.836. The Balaban J connectivity index is 1.63. The van der Waals surface area contributed by atoms with Gasteiger partial charge in [-0.25, -0.2) is 4.98 Å². The lowest BCUT2D eigenvalue weighted by molar-refractivity contribution is -0.137. The van der Waals surface area contributed by atoms with Crippen molar-refractivity contribution in [2.75, 3.05) is 51.8 Å². The van der Waals surface area contributed by atoms with E-state index in [-0.39, 0.29) is 11.8 Å². The molecule has 1 atom stereocenters. The minimum Gasteiger partial charge on any atom is -0.379 e. The van der Waals surface area contributed by atoms with Crippen molar-refractivity contribution in [3.05, 3.63) is 23.9 Å². The Hall–Kier alpha value is -1.66. The van der Waals surface area contributed by atoms with Gasteiger partial charge in [0, 0.05) is 44.8 Å². The molecule has 0 radical (unpaired) electrons.